The van der Waals surface area contributed by atoms with Gasteiger partial charge >= 0.3 is 0 Å². The Hall–Kier alpha value is -2.53. The fourth-order valence-electron chi connectivity index (χ4n) is 2.34. The van der Waals surface area contributed by atoms with E-state index in [1.807, 2.05) is 43.3 Å². The number of amides is 2. The zero-order valence-electron chi connectivity index (χ0n) is 14.2. The van der Waals surface area contributed by atoms with E-state index < -0.39 is 0 Å². The van der Waals surface area contributed by atoms with Crippen LogP contribution in [0.2, 0.25) is 0 Å². The number of aryl methyl sites for hydroxylation is 1. The summed E-state index contributed by atoms with van der Waals surface area (Å²) in [6, 6.07) is 14.8. The van der Waals surface area contributed by atoms with Crippen LogP contribution in [-0.2, 0) is 17.8 Å². The van der Waals surface area contributed by atoms with Crippen molar-refractivity contribution < 1.29 is 9.59 Å². The van der Waals surface area contributed by atoms with E-state index in [0.717, 1.165) is 11.1 Å². The van der Waals surface area contributed by atoms with Gasteiger partial charge in [-0.05, 0) is 42.7 Å². The van der Waals surface area contributed by atoms with Crippen LogP contribution in [0.1, 0.15) is 34.8 Å². The van der Waals surface area contributed by atoms with Crippen LogP contribution in [0.4, 0.5) is 5.69 Å². The maximum Gasteiger partial charge on any atom is 0.251 e. The van der Waals surface area contributed by atoms with Crippen LogP contribution in [0.25, 0.3) is 0 Å². The molecule has 0 aliphatic rings. The minimum absolute atomic E-state index is 0. The lowest BCUT2D eigenvalue weighted by molar-refractivity contribution is -0.121. The summed E-state index contributed by atoms with van der Waals surface area (Å²) < 4.78 is 0. The van der Waals surface area contributed by atoms with Crippen LogP contribution < -0.4 is 16.4 Å². The van der Waals surface area contributed by atoms with Crippen molar-refractivity contribution in [2.24, 2.45) is 0 Å². The van der Waals surface area contributed by atoms with Gasteiger partial charge in [0.2, 0.25) is 5.91 Å². The molecule has 0 spiro atoms. The molecule has 2 amide bonds. The van der Waals surface area contributed by atoms with Gasteiger partial charge in [0.15, 0.2) is 0 Å². The van der Waals surface area contributed by atoms with Crippen molar-refractivity contribution in [1.29, 1.82) is 0 Å². The average Bonchev–Trinajstić information content (AvgIpc) is 2.60. The van der Waals surface area contributed by atoms with Gasteiger partial charge in [-0.3, -0.25) is 9.59 Å². The lowest BCUT2D eigenvalue weighted by atomic mass is 10.1. The number of hydrogen-bond acceptors (Lipinski definition) is 3. The Balaban J connectivity index is 0.00000312. The summed E-state index contributed by atoms with van der Waals surface area (Å²) in [4.78, 5) is 23.6. The van der Waals surface area contributed by atoms with Crippen LogP contribution in [-0.4, -0.2) is 18.4 Å². The number of para-hydroxylation sites is 1. The summed E-state index contributed by atoms with van der Waals surface area (Å²) in [6.07, 6.45) is 1.01. The van der Waals surface area contributed by atoms with Crippen LogP contribution in [0.3, 0.4) is 0 Å². The minimum atomic E-state index is -0.0893. The van der Waals surface area contributed by atoms with Gasteiger partial charge in [-0.15, -0.1) is 12.4 Å². The van der Waals surface area contributed by atoms with E-state index in [9.17, 15) is 9.59 Å². The predicted octanol–water partition coefficient (Wildman–Crippen LogP) is 2.69. The number of hydrogen-bond donors (Lipinski definition) is 3. The number of anilines is 1. The Bertz CT molecular complexity index is 702. The molecule has 0 radical (unpaired) electrons. The summed E-state index contributed by atoms with van der Waals surface area (Å²) in [6.45, 7) is 2.92. The van der Waals surface area contributed by atoms with E-state index in [-0.39, 0.29) is 24.2 Å². The Morgan fingerprint density at radius 2 is 1.68 bits per heavy atom. The molecule has 0 bridgehead atoms. The van der Waals surface area contributed by atoms with Gasteiger partial charge < -0.3 is 16.4 Å². The average molecular weight is 362 g/mol. The number of halogens is 1. The van der Waals surface area contributed by atoms with Gasteiger partial charge in [-0.2, -0.15) is 0 Å². The van der Waals surface area contributed by atoms with Gasteiger partial charge in [0, 0.05) is 30.8 Å². The second-order valence-corrected chi connectivity index (χ2v) is 5.53. The monoisotopic (exact) mass is 361 g/mol. The first-order chi connectivity index (χ1) is 11.6. The number of carbonyl (C=O) groups is 2. The van der Waals surface area contributed by atoms with Crippen molar-refractivity contribution in [3.05, 3.63) is 65.2 Å². The molecule has 0 heterocycles. The lowest BCUT2D eigenvalue weighted by Gasteiger charge is -2.08. The molecule has 2 aromatic rings. The molecule has 0 aliphatic heterocycles. The third-order valence-corrected chi connectivity index (χ3v) is 3.72. The van der Waals surface area contributed by atoms with E-state index in [1.165, 1.54) is 0 Å². The Labute approximate surface area is 154 Å². The van der Waals surface area contributed by atoms with Crippen molar-refractivity contribution in [3.8, 4) is 0 Å². The molecule has 0 saturated heterocycles. The molecule has 0 atom stereocenters. The number of nitrogen functional groups attached to an aromatic ring is 1. The fraction of sp³-hybridized carbons (Fsp3) is 0.263. The number of carbonyl (C=O) groups excluding carboxylic acids is 2. The van der Waals surface area contributed by atoms with E-state index in [2.05, 4.69) is 10.6 Å². The summed E-state index contributed by atoms with van der Waals surface area (Å²) >= 11 is 0. The molecule has 2 aromatic carbocycles. The van der Waals surface area contributed by atoms with Gasteiger partial charge in [-0.1, -0.05) is 30.3 Å². The molecule has 4 N–H and O–H groups in total. The third kappa shape index (κ3) is 6.47. The maximum atomic E-state index is 11.9. The highest BCUT2D eigenvalue weighted by Gasteiger charge is 2.06. The van der Waals surface area contributed by atoms with Gasteiger partial charge in [0.25, 0.3) is 5.91 Å². The highest BCUT2D eigenvalue weighted by Crippen LogP contribution is 2.12. The SMILES string of the molecule is CCNC(=O)c1ccc(CNC(=O)CCc2ccccc2N)cc1.Cl. The number of nitrogens with one attached hydrogen (secondary N) is 2. The largest absolute Gasteiger partial charge is 0.399 e. The third-order valence-electron chi connectivity index (χ3n) is 3.72. The highest BCUT2D eigenvalue weighted by atomic mass is 35.5. The molecule has 0 saturated carbocycles. The van der Waals surface area contributed by atoms with Crippen LogP contribution in [0.15, 0.2) is 48.5 Å². The molecule has 0 unspecified atom stereocenters. The summed E-state index contributed by atoms with van der Waals surface area (Å²) in [7, 11) is 0. The topological polar surface area (TPSA) is 84.2 Å². The van der Waals surface area contributed by atoms with Crippen LogP contribution in [0.5, 0.6) is 0 Å². The molecular weight excluding hydrogens is 338 g/mol. The Morgan fingerprint density at radius 3 is 2.32 bits per heavy atom. The Morgan fingerprint density at radius 1 is 1.00 bits per heavy atom. The number of benzene rings is 2. The van der Waals surface area contributed by atoms with E-state index >= 15 is 0 Å². The first kappa shape index (κ1) is 20.5. The normalized spacial score (nSPS) is 9.80. The molecular formula is C19H24ClN3O2. The quantitative estimate of drug-likeness (QED) is 0.663. The van der Waals surface area contributed by atoms with Crippen LogP contribution in [0, 0.1) is 0 Å². The van der Waals surface area contributed by atoms with Gasteiger partial charge in [-0.25, -0.2) is 0 Å². The summed E-state index contributed by atoms with van der Waals surface area (Å²) in [5.41, 5.74) is 9.14. The summed E-state index contributed by atoms with van der Waals surface area (Å²) in [5, 5.41) is 5.63. The van der Waals surface area contributed by atoms with E-state index in [4.69, 9.17) is 5.73 Å². The van der Waals surface area contributed by atoms with Crippen molar-refractivity contribution in [3.63, 3.8) is 0 Å². The smallest absolute Gasteiger partial charge is 0.251 e. The Kier molecular flexibility index (Phi) is 8.50. The second-order valence-electron chi connectivity index (χ2n) is 5.53. The molecule has 134 valence electrons. The number of nitrogens with two attached hydrogens (primary N) is 1. The standard InChI is InChI=1S/C19H23N3O2.ClH/c1-2-21-19(24)16-9-7-14(8-10-16)13-22-18(23)12-11-15-5-3-4-6-17(15)20;/h3-10H,2,11-13,20H2,1H3,(H,21,24)(H,22,23);1H. The molecule has 6 heteroatoms. The molecule has 5 nitrogen and oxygen atoms in total. The summed E-state index contributed by atoms with van der Waals surface area (Å²) in [5.74, 6) is -0.111. The predicted molar refractivity (Wildman–Crippen MR) is 103 cm³/mol. The maximum absolute atomic E-state index is 11.9. The molecule has 0 aromatic heterocycles. The van der Waals surface area contributed by atoms with Crippen molar-refractivity contribution in [2.45, 2.75) is 26.3 Å². The first-order valence-electron chi connectivity index (χ1n) is 8.07. The number of rotatable bonds is 7. The molecule has 25 heavy (non-hydrogen) atoms. The minimum Gasteiger partial charge on any atom is -0.399 e. The zero-order chi connectivity index (χ0) is 17.4. The molecule has 2 rings (SSSR count). The van der Waals surface area contributed by atoms with Gasteiger partial charge in [0.1, 0.15) is 0 Å². The fourth-order valence-corrected chi connectivity index (χ4v) is 2.34. The van der Waals surface area contributed by atoms with Crippen molar-refractivity contribution in [2.75, 3.05) is 12.3 Å². The second kappa shape index (κ2) is 10.4. The lowest BCUT2D eigenvalue weighted by Crippen LogP contribution is -2.24. The molecule has 0 fully saturated rings. The zero-order valence-corrected chi connectivity index (χ0v) is 15.1. The van der Waals surface area contributed by atoms with E-state index in [1.54, 1.807) is 12.1 Å². The van der Waals surface area contributed by atoms with Crippen molar-refractivity contribution in [1.82, 2.24) is 10.6 Å². The van der Waals surface area contributed by atoms with Crippen LogP contribution >= 0.6 is 12.4 Å². The highest BCUT2D eigenvalue weighted by molar-refractivity contribution is 5.94. The first-order valence-corrected chi connectivity index (χ1v) is 8.07. The molecule has 0 aliphatic carbocycles. The van der Waals surface area contributed by atoms with Gasteiger partial charge in [0.05, 0.1) is 0 Å². The van der Waals surface area contributed by atoms with Crippen molar-refractivity contribution >= 4 is 29.9 Å². The van der Waals surface area contributed by atoms with E-state index in [0.29, 0.717) is 37.2 Å².